The maximum atomic E-state index is 13.1. The Morgan fingerprint density at radius 2 is 1.81 bits per heavy atom. The average Bonchev–Trinajstić information content (AvgIpc) is 3.30. The van der Waals surface area contributed by atoms with E-state index in [0.717, 1.165) is 37.1 Å². The Morgan fingerprint density at radius 1 is 1.12 bits per heavy atom. The Morgan fingerprint density at radius 3 is 2.50 bits per heavy atom. The number of carbonyl (C=O) groups excluding carboxylic acids is 1. The number of hydrogen-bond acceptors (Lipinski definition) is 2. The Hall–Kier alpha value is -2.36. The number of rotatable bonds is 5. The number of nitrogens with zero attached hydrogens (tertiary/aromatic N) is 1. The van der Waals surface area contributed by atoms with Gasteiger partial charge in [0.05, 0.1) is 12.6 Å². The van der Waals surface area contributed by atoms with E-state index in [1.165, 1.54) is 17.7 Å². The van der Waals surface area contributed by atoms with Gasteiger partial charge >= 0.3 is 0 Å². The second-order valence-corrected chi connectivity index (χ2v) is 7.19. The summed E-state index contributed by atoms with van der Waals surface area (Å²) in [4.78, 5) is 15.1. The van der Waals surface area contributed by atoms with Gasteiger partial charge in [0.2, 0.25) is 5.91 Å². The standard InChI is InChI=1S/C22H24FNO2/c1-2-26-18-11-7-16(8-12-18)21-4-3-13-24(21)22(25)20-14-19(20)15-5-9-17(23)10-6-15/h5-12,19-21H,2-4,13-14H2,1H3. The predicted octanol–water partition coefficient (Wildman–Crippen LogP) is 4.69. The lowest BCUT2D eigenvalue weighted by molar-refractivity contribution is -0.133. The summed E-state index contributed by atoms with van der Waals surface area (Å²) in [6.07, 6.45) is 2.92. The van der Waals surface area contributed by atoms with Crippen molar-refractivity contribution in [2.75, 3.05) is 13.2 Å². The summed E-state index contributed by atoms with van der Waals surface area (Å²) in [5.74, 6) is 1.17. The summed E-state index contributed by atoms with van der Waals surface area (Å²) in [5, 5.41) is 0. The van der Waals surface area contributed by atoms with Crippen LogP contribution in [0.4, 0.5) is 4.39 Å². The molecule has 1 heterocycles. The molecule has 0 bridgehead atoms. The van der Waals surface area contributed by atoms with E-state index in [1.54, 1.807) is 12.1 Å². The van der Waals surface area contributed by atoms with Gasteiger partial charge < -0.3 is 9.64 Å². The van der Waals surface area contributed by atoms with Gasteiger partial charge in [-0.1, -0.05) is 24.3 Å². The van der Waals surface area contributed by atoms with E-state index in [9.17, 15) is 9.18 Å². The van der Waals surface area contributed by atoms with Crippen molar-refractivity contribution in [3.8, 4) is 5.75 Å². The fourth-order valence-corrected chi connectivity index (χ4v) is 4.09. The molecule has 0 aromatic heterocycles. The van der Waals surface area contributed by atoms with E-state index in [4.69, 9.17) is 4.74 Å². The first-order valence-electron chi connectivity index (χ1n) is 9.46. The van der Waals surface area contributed by atoms with E-state index < -0.39 is 0 Å². The van der Waals surface area contributed by atoms with Crippen LogP contribution in [0.15, 0.2) is 48.5 Å². The lowest BCUT2D eigenvalue weighted by atomic mass is 10.0. The predicted molar refractivity (Wildman–Crippen MR) is 98.5 cm³/mol. The Bertz CT molecular complexity index is 772. The third-order valence-corrected chi connectivity index (χ3v) is 5.52. The topological polar surface area (TPSA) is 29.5 Å². The number of halogens is 1. The van der Waals surface area contributed by atoms with Crippen molar-refractivity contribution < 1.29 is 13.9 Å². The molecule has 0 N–H and O–H groups in total. The molecule has 2 aromatic rings. The summed E-state index contributed by atoms with van der Waals surface area (Å²) in [6.45, 7) is 3.45. The molecule has 1 saturated heterocycles. The van der Waals surface area contributed by atoms with Crippen molar-refractivity contribution >= 4 is 5.91 Å². The summed E-state index contributed by atoms with van der Waals surface area (Å²) in [7, 11) is 0. The quantitative estimate of drug-likeness (QED) is 0.780. The van der Waals surface area contributed by atoms with Crippen LogP contribution >= 0.6 is 0 Å². The van der Waals surface area contributed by atoms with Crippen molar-refractivity contribution in [2.45, 2.75) is 38.1 Å². The highest BCUT2D eigenvalue weighted by atomic mass is 19.1. The number of likely N-dealkylation sites (tertiary alicyclic amines) is 1. The van der Waals surface area contributed by atoms with Crippen molar-refractivity contribution in [3.63, 3.8) is 0 Å². The molecule has 1 amide bonds. The number of ether oxygens (including phenoxy) is 1. The molecule has 1 aliphatic carbocycles. The number of benzene rings is 2. The zero-order valence-electron chi connectivity index (χ0n) is 15.0. The van der Waals surface area contributed by atoms with Crippen LogP contribution in [0, 0.1) is 11.7 Å². The van der Waals surface area contributed by atoms with Crippen LogP contribution in [-0.2, 0) is 4.79 Å². The van der Waals surface area contributed by atoms with Crippen molar-refractivity contribution in [1.82, 2.24) is 4.90 Å². The molecule has 2 fully saturated rings. The molecule has 1 aliphatic heterocycles. The van der Waals surface area contributed by atoms with Crippen LogP contribution in [0.2, 0.25) is 0 Å². The van der Waals surface area contributed by atoms with E-state index in [0.29, 0.717) is 6.61 Å². The lowest BCUT2D eigenvalue weighted by Crippen LogP contribution is -2.32. The van der Waals surface area contributed by atoms with Gasteiger partial charge in [-0.05, 0) is 67.5 Å². The summed E-state index contributed by atoms with van der Waals surface area (Å²) < 4.78 is 18.6. The van der Waals surface area contributed by atoms with Crippen LogP contribution in [0.1, 0.15) is 49.3 Å². The molecule has 136 valence electrons. The second kappa shape index (κ2) is 7.10. The normalized spacial score (nSPS) is 24.5. The van der Waals surface area contributed by atoms with Crippen LogP contribution in [0.3, 0.4) is 0 Å². The van der Waals surface area contributed by atoms with E-state index in [-0.39, 0.29) is 29.6 Å². The van der Waals surface area contributed by atoms with Crippen LogP contribution in [0.25, 0.3) is 0 Å². The van der Waals surface area contributed by atoms with Gasteiger partial charge in [-0.15, -0.1) is 0 Å². The highest BCUT2D eigenvalue weighted by molar-refractivity contribution is 5.83. The van der Waals surface area contributed by atoms with Crippen LogP contribution in [-0.4, -0.2) is 24.0 Å². The largest absolute Gasteiger partial charge is 0.494 e. The minimum absolute atomic E-state index is 0.0451. The maximum Gasteiger partial charge on any atom is 0.226 e. The first-order chi connectivity index (χ1) is 12.7. The minimum Gasteiger partial charge on any atom is -0.494 e. The minimum atomic E-state index is -0.229. The molecule has 3 unspecified atom stereocenters. The molecule has 2 aliphatic rings. The zero-order chi connectivity index (χ0) is 18.1. The summed E-state index contributed by atoms with van der Waals surface area (Å²) in [6, 6.07) is 14.9. The highest BCUT2D eigenvalue weighted by Crippen LogP contribution is 2.50. The van der Waals surface area contributed by atoms with Gasteiger partial charge in [-0.2, -0.15) is 0 Å². The van der Waals surface area contributed by atoms with Crippen LogP contribution in [0.5, 0.6) is 5.75 Å². The second-order valence-electron chi connectivity index (χ2n) is 7.19. The molecule has 0 spiro atoms. The molecule has 1 saturated carbocycles. The van der Waals surface area contributed by atoms with Gasteiger partial charge in [0.25, 0.3) is 0 Å². The van der Waals surface area contributed by atoms with Crippen molar-refractivity contribution in [2.24, 2.45) is 5.92 Å². The summed E-state index contributed by atoms with van der Waals surface area (Å²) in [5.41, 5.74) is 2.25. The van der Waals surface area contributed by atoms with Gasteiger partial charge in [0.15, 0.2) is 0 Å². The van der Waals surface area contributed by atoms with Gasteiger partial charge in [-0.25, -0.2) is 4.39 Å². The molecule has 3 nitrogen and oxygen atoms in total. The monoisotopic (exact) mass is 353 g/mol. The lowest BCUT2D eigenvalue weighted by Gasteiger charge is -2.25. The summed E-state index contributed by atoms with van der Waals surface area (Å²) >= 11 is 0. The Labute approximate surface area is 153 Å². The Balaban J connectivity index is 1.45. The van der Waals surface area contributed by atoms with Crippen LogP contribution < -0.4 is 4.74 Å². The third kappa shape index (κ3) is 3.33. The SMILES string of the molecule is CCOc1ccc(C2CCCN2C(=O)C2CC2c2ccc(F)cc2)cc1. The van der Waals surface area contributed by atoms with E-state index >= 15 is 0 Å². The molecular weight excluding hydrogens is 329 g/mol. The first kappa shape index (κ1) is 17.1. The van der Waals surface area contributed by atoms with E-state index in [1.807, 2.05) is 24.0 Å². The average molecular weight is 353 g/mol. The van der Waals surface area contributed by atoms with Crippen molar-refractivity contribution in [3.05, 3.63) is 65.5 Å². The van der Waals surface area contributed by atoms with Crippen molar-refractivity contribution in [1.29, 1.82) is 0 Å². The smallest absolute Gasteiger partial charge is 0.226 e. The van der Waals surface area contributed by atoms with Gasteiger partial charge in [0.1, 0.15) is 11.6 Å². The number of carbonyl (C=O) groups is 1. The Kier molecular flexibility index (Phi) is 4.66. The molecule has 3 atom stereocenters. The molecule has 2 aromatic carbocycles. The molecule has 4 rings (SSSR count). The first-order valence-corrected chi connectivity index (χ1v) is 9.46. The number of amides is 1. The fraction of sp³-hybridized carbons (Fsp3) is 0.409. The molecule has 26 heavy (non-hydrogen) atoms. The zero-order valence-corrected chi connectivity index (χ0v) is 15.0. The van der Waals surface area contributed by atoms with Gasteiger partial charge in [-0.3, -0.25) is 4.79 Å². The van der Waals surface area contributed by atoms with Gasteiger partial charge in [0, 0.05) is 12.5 Å². The fourth-order valence-electron chi connectivity index (χ4n) is 4.09. The van der Waals surface area contributed by atoms with E-state index in [2.05, 4.69) is 12.1 Å². The maximum absolute atomic E-state index is 13.1. The molecule has 4 heteroatoms. The molecule has 0 radical (unpaired) electrons. The number of hydrogen-bond donors (Lipinski definition) is 0. The molecular formula is C22H24FNO2. The third-order valence-electron chi connectivity index (χ3n) is 5.52. The highest BCUT2D eigenvalue weighted by Gasteiger charge is 2.47.